The number of aryl methyl sites for hydroxylation is 1. The minimum absolute atomic E-state index is 0.00124. The van der Waals surface area contributed by atoms with Crippen LogP contribution >= 0.6 is 11.8 Å². The summed E-state index contributed by atoms with van der Waals surface area (Å²) in [6.45, 7) is 1.56. The monoisotopic (exact) mass is 406 g/mol. The number of rotatable bonds is 5. The second kappa shape index (κ2) is 8.55. The highest BCUT2D eigenvalue weighted by molar-refractivity contribution is 8.14. The van der Waals surface area contributed by atoms with Crippen LogP contribution in [-0.2, 0) is 16.0 Å². The van der Waals surface area contributed by atoms with Gasteiger partial charge in [0.05, 0.1) is 23.7 Å². The van der Waals surface area contributed by atoms with Gasteiger partial charge in [-0.3, -0.25) is 9.79 Å². The van der Waals surface area contributed by atoms with E-state index in [-0.39, 0.29) is 34.8 Å². The van der Waals surface area contributed by atoms with E-state index in [1.807, 2.05) is 6.92 Å². The third-order valence-corrected chi connectivity index (χ3v) is 6.40. The molecule has 0 bridgehead atoms. The number of nitrogens with two attached hydrogens (primary N) is 1. The second-order valence-electron chi connectivity index (χ2n) is 6.97. The van der Waals surface area contributed by atoms with Crippen LogP contribution in [0.2, 0.25) is 0 Å². The zero-order valence-electron chi connectivity index (χ0n) is 15.6. The molecule has 0 amide bonds. The van der Waals surface area contributed by atoms with Gasteiger partial charge >= 0.3 is 6.08 Å². The predicted molar refractivity (Wildman–Crippen MR) is 106 cm³/mol. The molecule has 0 aliphatic carbocycles. The number of carbonyl (C=O) groups is 1. The molecule has 3 N–H and O–H groups in total. The smallest absolute Gasteiger partial charge is 0.310 e. The number of halogens is 1. The number of anilines is 1. The Kier molecular flexibility index (Phi) is 6.33. The first-order chi connectivity index (χ1) is 13.4. The Bertz CT molecular complexity index is 828. The van der Waals surface area contributed by atoms with Gasteiger partial charge in [-0.25, -0.2) is 4.98 Å². The van der Waals surface area contributed by atoms with E-state index in [0.717, 1.165) is 18.2 Å². The van der Waals surface area contributed by atoms with Crippen LogP contribution in [0.5, 0.6) is 0 Å². The summed E-state index contributed by atoms with van der Waals surface area (Å²) in [6, 6.07) is 0. The third-order valence-electron chi connectivity index (χ3n) is 5.08. The highest BCUT2D eigenvalue weighted by Crippen LogP contribution is 2.43. The standard InChI is InChI=1S/C19H23FN4O3S/c1-3-5-15(26)28-14-8-13(27-19(14,4-2)10-25)11-6-7-12-16(22-9-11)17(21)24-18(20)23-12/h2,9,11,13-14,25H,3,5-8,10H2,1H3,(H2,21,23,24)/t11?,13-,14+,19-/m1/s1. The van der Waals surface area contributed by atoms with E-state index in [9.17, 15) is 14.3 Å². The highest BCUT2D eigenvalue weighted by Gasteiger charge is 2.50. The van der Waals surface area contributed by atoms with Gasteiger partial charge in [0.25, 0.3) is 0 Å². The van der Waals surface area contributed by atoms with Crippen molar-refractivity contribution in [2.75, 3.05) is 12.3 Å². The van der Waals surface area contributed by atoms with Crippen LogP contribution < -0.4 is 5.73 Å². The molecular formula is C19H23FN4O3S. The number of ether oxygens (including phenoxy) is 1. The van der Waals surface area contributed by atoms with Gasteiger partial charge in [-0.05, 0) is 25.7 Å². The largest absolute Gasteiger partial charge is 0.392 e. The van der Waals surface area contributed by atoms with Crippen molar-refractivity contribution in [3.63, 3.8) is 0 Å². The van der Waals surface area contributed by atoms with Gasteiger partial charge in [0.15, 0.2) is 16.5 Å². The summed E-state index contributed by atoms with van der Waals surface area (Å²) < 4.78 is 19.5. The van der Waals surface area contributed by atoms with Gasteiger partial charge in [0, 0.05) is 18.6 Å². The fourth-order valence-corrected chi connectivity index (χ4v) is 4.88. The number of aliphatic hydroxyl groups excluding tert-OH is 1. The SMILES string of the molecule is C#C[C@]1(CO)O[C@@H](C2C=Nc3c(N)nc(F)nc3CC2)C[C@@H]1SC(=O)CCC. The van der Waals surface area contributed by atoms with Crippen molar-refractivity contribution in [1.29, 1.82) is 0 Å². The number of aromatic nitrogens is 2. The summed E-state index contributed by atoms with van der Waals surface area (Å²) in [5, 5.41) is 9.60. The molecule has 0 spiro atoms. The summed E-state index contributed by atoms with van der Waals surface area (Å²) in [5.74, 6) is 2.42. The van der Waals surface area contributed by atoms with E-state index in [4.69, 9.17) is 16.9 Å². The predicted octanol–water partition coefficient (Wildman–Crippen LogP) is 2.04. The fraction of sp³-hybridized carbons (Fsp3) is 0.579. The molecule has 2 aliphatic rings. The van der Waals surface area contributed by atoms with Crippen LogP contribution in [0.3, 0.4) is 0 Å². The zero-order chi connectivity index (χ0) is 20.3. The lowest BCUT2D eigenvalue weighted by Crippen LogP contribution is -2.41. The Morgan fingerprint density at radius 1 is 1.57 bits per heavy atom. The van der Waals surface area contributed by atoms with E-state index >= 15 is 0 Å². The molecule has 3 heterocycles. The quantitative estimate of drug-likeness (QED) is 0.569. The lowest BCUT2D eigenvalue weighted by atomic mass is 9.94. The third kappa shape index (κ3) is 4.04. The Labute approximate surface area is 167 Å². The Balaban J connectivity index is 1.79. The molecule has 1 aromatic rings. The summed E-state index contributed by atoms with van der Waals surface area (Å²) in [5.41, 5.74) is 5.38. The molecule has 0 radical (unpaired) electrons. The first-order valence-corrected chi connectivity index (χ1v) is 10.1. The molecule has 1 fully saturated rings. The van der Waals surface area contributed by atoms with E-state index in [0.29, 0.717) is 37.1 Å². The maximum Gasteiger partial charge on any atom is 0.310 e. The number of aliphatic imine (C=N–C) groups is 1. The van der Waals surface area contributed by atoms with Crippen LogP contribution in [0, 0.1) is 24.3 Å². The number of nitrogens with zero attached hydrogens (tertiary/aromatic N) is 3. The normalized spacial score (nSPS) is 29.1. The number of fused-ring (bicyclic) bond motifs is 1. The number of carbonyl (C=O) groups excluding carboxylic acids is 1. The van der Waals surface area contributed by atoms with Crippen molar-refractivity contribution >= 4 is 34.6 Å². The van der Waals surface area contributed by atoms with Gasteiger partial charge in [0.2, 0.25) is 0 Å². The number of nitrogen functional groups attached to an aromatic ring is 1. The average Bonchev–Trinajstić information content (AvgIpc) is 2.87. The van der Waals surface area contributed by atoms with Crippen LogP contribution in [-0.4, -0.2) is 50.0 Å². The molecule has 0 aromatic carbocycles. The highest BCUT2D eigenvalue weighted by atomic mass is 32.2. The van der Waals surface area contributed by atoms with Crippen molar-refractivity contribution in [1.82, 2.24) is 9.97 Å². The van der Waals surface area contributed by atoms with Crippen molar-refractivity contribution in [3.8, 4) is 12.3 Å². The minimum atomic E-state index is -1.21. The number of terminal acetylenes is 1. The van der Waals surface area contributed by atoms with E-state index in [1.54, 1.807) is 6.21 Å². The topological polar surface area (TPSA) is 111 Å². The molecule has 4 atom stereocenters. The Morgan fingerprint density at radius 3 is 3.04 bits per heavy atom. The van der Waals surface area contributed by atoms with Crippen LogP contribution in [0.4, 0.5) is 15.9 Å². The molecular weight excluding hydrogens is 383 g/mol. The molecule has 1 unspecified atom stereocenters. The van der Waals surface area contributed by atoms with Gasteiger partial charge in [0.1, 0.15) is 5.69 Å². The fourth-order valence-electron chi connectivity index (χ4n) is 3.57. The Hall–Kier alpha value is -2.02. The van der Waals surface area contributed by atoms with Crippen molar-refractivity contribution in [2.24, 2.45) is 10.9 Å². The van der Waals surface area contributed by atoms with E-state index < -0.39 is 11.7 Å². The van der Waals surface area contributed by atoms with E-state index in [1.165, 1.54) is 0 Å². The van der Waals surface area contributed by atoms with Crippen LogP contribution in [0.25, 0.3) is 0 Å². The molecule has 3 rings (SSSR count). The van der Waals surface area contributed by atoms with Crippen molar-refractivity contribution in [3.05, 3.63) is 11.8 Å². The lowest BCUT2D eigenvalue weighted by Gasteiger charge is -2.27. The average molecular weight is 406 g/mol. The number of hydrogen-bond acceptors (Lipinski definition) is 8. The minimum Gasteiger partial charge on any atom is -0.392 e. The second-order valence-corrected chi connectivity index (χ2v) is 8.23. The number of aliphatic hydroxyl groups is 1. The summed E-state index contributed by atoms with van der Waals surface area (Å²) in [7, 11) is 0. The van der Waals surface area contributed by atoms with Gasteiger partial charge in [-0.15, -0.1) is 6.42 Å². The molecule has 2 aliphatic heterocycles. The summed E-state index contributed by atoms with van der Waals surface area (Å²) in [6.07, 6.45) is 8.94. The number of thioether (sulfide) groups is 1. The maximum atomic E-state index is 13.5. The van der Waals surface area contributed by atoms with Crippen molar-refractivity contribution < 1.29 is 19.0 Å². The Morgan fingerprint density at radius 2 is 2.36 bits per heavy atom. The molecule has 0 saturated carbocycles. The van der Waals surface area contributed by atoms with Gasteiger partial charge in [-0.1, -0.05) is 24.6 Å². The van der Waals surface area contributed by atoms with Gasteiger partial charge in [-0.2, -0.15) is 9.37 Å². The van der Waals surface area contributed by atoms with Gasteiger partial charge < -0.3 is 15.6 Å². The molecule has 7 nitrogen and oxygen atoms in total. The number of hydrogen-bond donors (Lipinski definition) is 2. The summed E-state index contributed by atoms with van der Waals surface area (Å²) in [4.78, 5) is 23.8. The maximum absolute atomic E-state index is 13.5. The first-order valence-electron chi connectivity index (χ1n) is 9.24. The first kappa shape index (κ1) is 20.7. The summed E-state index contributed by atoms with van der Waals surface area (Å²) >= 11 is 1.15. The molecule has 9 heteroatoms. The van der Waals surface area contributed by atoms with E-state index in [2.05, 4.69) is 20.9 Å². The lowest BCUT2D eigenvalue weighted by molar-refractivity contribution is -0.111. The molecule has 1 aromatic heterocycles. The van der Waals surface area contributed by atoms with Crippen LogP contribution in [0.1, 0.15) is 38.3 Å². The molecule has 150 valence electrons. The molecule has 28 heavy (non-hydrogen) atoms. The van der Waals surface area contributed by atoms with Crippen molar-refractivity contribution in [2.45, 2.75) is 56.0 Å². The molecule has 1 saturated heterocycles. The zero-order valence-corrected chi connectivity index (χ0v) is 16.4. The van der Waals surface area contributed by atoms with Crippen LogP contribution in [0.15, 0.2) is 4.99 Å².